The number of carbonyl (C=O) groups is 1. The van der Waals surface area contributed by atoms with E-state index in [1.165, 1.54) is 0 Å². The molecule has 0 spiro atoms. The zero-order valence-corrected chi connectivity index (χ0v) is 12.2. The predicted molar refractivity (Wildman–Crippen MR) is 79.9 cm³/mol. The number of nitrogens with zero attached hydrogens (tertiary/aromatic N) is 1. The Labute approximate surface area is 122 Å². The number of benzene rings is 1. The first-order valence-electron chi connectivity index (χ1n) is 6.37. The van der Waals surface area contributed by atoms with Gasteiger partial charge in [-0.3, -0.25) is 9.89 Å². The molecule has 0 aliphatic carbocycles. The number of aromatic amines is 1. The molecule has 1 heterocycles. The molecule has 0 aliphatic heterocycles. The maximum absolute atomic E-state index is 11.9. The molecule has 1 atom stereocenters. The molecule has 5 nitrogen and oxygen atoms in total. The van der Waals surface area contributed by atoms with Crippen LogP contribution in [0.15, 0.2) is 30.3 Å². The lowest BCUT2D eigenvalue weighted by Crippen LogP contribution is -2.37. The van der Waals surface area contributed by atoms with Gasteiger partial charge in [0.25, 0.3) is 5.91 Å². The van der Waals surface area contributed by atoms with Crippen LogP contribution in [0, 0.1) is 0 Å². The Morgan fingerprint density at radius 3 is 2.75 bits per heavy atom. The quantitative estimate of drug-likeness (QED) is 0.790. The molecule has 1 unspecified atom stereocenters. The largest absolute Gasteiger partial charge is 0.349 e. The molecule has 2 aromatic rings. The van der Waals surface area contributed by atoms with Crippen LogP contribution in [-0.4, -0.2) is 35.7 Å². The van der Waals surface area contributed by atoms with Gasteiger partial charge in [0, 0.05) is 23.2 Å². The van der Waals surface area contributed by atoms with Crippen molar-refractivity contribution in [3.63, 3.8) is 0 Å². The molecule has 0 saturated heterocycles. The monoisotopic (exact) mass is 292 g/mol. The molecule has 0 radical (unpaired) electrons. The normalized spacial score (nSPS) is 12.2. The number of carbonyl (C=O) groups excluding carboxylic acids is 1. The summed E-state index contributed by atoms with van der Waals surface area (Å²) in [6.45, 7) is 2.55. The van der Waals surface area contributed by atoms with Gasteiger partial charge in [-0.15, -0.1) is 0 Å². The highest BCUT2D eigenvalue weighted by Crippen LogP contribution is 2.20. The highest BCUT2D eigenvalue weighted by molar-refractivity contribution is 6.30. The summed E-state index contributed by atoms with van der Waals surface area (Å²) in [5.74, 6) is -0.167. The zero-order chi connectivity index (χ0) is 14.5. The van der Waals surface area contributed by atoms with Gasteiger partial charge in [-0.25, -0.2) is 0 Å². The Hall–Kier alpha value is -1.85. The van der Waals surface area contributed by atoms with Crippen molar-refractivity contribution >= 4 is 17.5 Å². The van der Waals surface area contributed by atoms with Gasteiger partial charge in [0.1, 0.15) is 5.69 Å². The van der Waals surface area contributed by atoms with Crippen molar-refractivity contribution in [2.24, 2.45) is 0 Å². The number of likely N-dealkylation sites (N-methyl/N-ethyl adjacent to an activating group) is 1. The van der Waals surface area contributed by atoms with E-state index in [1.54, 1.807) is 18.2 Å². The van der Waals surface area contributed by atoms with Crippen LogP contribution in [0.5, 0.6) is 0 Å². The standard InChI is InChI=1S/C14H17ClN4O/c1-9(16-2)8-17-14(20)13-7-12(18-19-13)10-3-5-11(15)6-4-10/h3-7,9,16H,8H2,1-2H3,(H,17,20)(H,18,19). The lowest BCUT2D eigenvalue weighted by atomic mass is 10.1. The van der Waals surface area contributed by atoms with Crippen LogP contribution in [0.1, 0.15) is 17.4 Å². The number of nitrogens with one attached hydrogen (secondary N) is 3. The minimum Gasteiger partial charge on any atom is -0.349 e. The highest BCUT2D eigenvalue weighted by Gasteiger charge is 2.11. The number of halogens is 1. The number of amides is 1. The Morgan fingerprint density at radius 1 is 1.40 bits per heavy atom. The van der Waals surface area contributed by atoms with Gasteiger partial charge in [0.2, 0.25) is 0 Å². The van der Waals surface area contributed by atoms with E-state index in [-0.39, 0.29) is 11.9 Å². The van der Waals surface area contributed by atoms with Gasteiger partial charge in [-0.2, -0.15) is 5.10 Å². The number of H-pyrrole nitrogens is 1. The molecule has 0 fully saturated rings. The van der Waals surface area contributed by atoms with E-state index in [1.807, 2.05) is 26.1 Å². The first-order chi connectivity index (χ1) is 9.60. The van der Waals surface area contributed by atoms with Gasteiger partial charge >= 0.3 is 0 Å². The predicted octanol–water partition coefficient (Wildman–Crippen LogP) is 2.07. The molecule has 1 aromatic carbocycles. The molecule has 0 saturated carbocycles. The summed E-state index contributed by atoms with van der Waals surface area (Å²) in [7, 11) is 1.85. The Balaban J connectivity index is 2.05. The molecule has 1 aromatic heterocycles. The van der Waals surface area contributed by atoms with Crippen molar-refractivity contribution in [1.29, 1.82) is 0 Å². The summed E-state index contributed by atoms with van der Waals surface area (Å²) in [6.07, 6.45) is 0. The summed E-state index contributed by atoms with van der Waals surface area (Å²) in [4.78, 5) is 11.9. The Kier molecular flexibility index (Phi) is 4.76. The van der Waals surface area contributed by atoms with E-state index in [9.17, 15) is 4.79 Å². The van der Waals surface area contributed by atoms with E-state index in [2.05, 4.69) is 20.8 Å². The summed E-state index contributed by atoms with van der Waals surface area (Å²) < 4.78 is 0. The van der Waals surface area contributed by atoms with Crippen molar-refractivity contribution in [2.75, 3.05) is 13.6 Å². The minimum absolute atomic E-state index is 0.167. The van der Waals surface area contributed by atoms with Gasteiger partial charge in [0.05, 0.1) is 5.69 Å². The number of rotatable bonds is 5. The summed E-state index contributed by atoms with van der Waals surface area (Å²) in [5, 5.41) is 13.4. The number of hydrogen-bond donors (Lipinski definition) is 3. The van der Waals surface area contributed by atoms with Crippen molar-refractivity contribution in [3.8, 4) is 11.3 Å². The SMILES string of the molecule is CNC(C)CNC(=O)c1cc(-c2ccc(Cl)cc2)n[nH]1. The second-order valence-electron chi connectivity index (χ2n) is 4.57. The molecule has 20 heavy (non-hydrogen) atoms. The number of aromatic nitrogens is 2. The van der Waals surface area contributed by atoms with Crippen LogP contribution in [-0.2, 0) is 0 Å². The van der Waals surface area contributed by atoms with Crippen LogP contribution in [0.4, 0.5) is 0 Å². The lowest BCUT2D eigenvalue weighted by molar-refractivity contribution is 0.0945. The van der Waals surface area contributed by atoms with Crippen LogP contribution in [0.2, 0.25) is 5.02 Å². The third-order valence-corrected chi connectivity index (χ3v) is 3.28. The molecule has 3 N–H and O–H groups in total. The third-order valence-electron chi connectivity index (χ3n) is 3.02. The molecule has 0 bridgehead atoms. The first-order valence-corrected chi connectivity index (χ1v) is 6.74. The molecule has 6 heteroatoms. The van der Waals surface area contributed by atoms with Crippen molar-refractivity contribution in [3.05, 3.63) is 41.0 Å². The Bertz CT molecular complexity index is 579. The molecule has 1 amide bonds. The van der Waals surface area contributed by atoms with E-state index in [0.29, 0.717) is 23.0 Å². The molecular weight excluding hydrogens is 276 g/mol. The van der Waals surface area contributed by atoms with E-state index in [4.69, 9.17) is 11.6 Å². The van der Waals surface area contributed by atoms with Crippen LogP contribution < -0.4 is 10.6 Å². The minimum atomic E-state index is -0.167. The maximum Gasteiger partial charge on any atom is 0.269 e. The average molecular weight is 293 g/mol. The fourth-order valence-corrected chi connectivity index (χ4v) is 1.78. The van der Waals surface area contributed by atoms with Gasteiger partial charge in [0.15, 0.2) is 0 Å². The fourth-order valence-electron chi connectivity index (χ4n) is 1.65. The van der Waals surface area contributed by atoms with E-state index in [0.717, 1.165) is 5.56 Å². The summed E-state index contributed by atoms with van der Waals surface area (Å²) in [6, 6.07) is 9.26. The molecule has 106 valence electrons. The topological polar surface area (TPSA) is 69.8 Å². The molecular formula is C14H17ClN4O. The van der Waals surface area contributed by atoms with Gasteiger partial charge < -0.3 is 10.6 Å². The zero-order valence-electron chi connectivity index (χ0n) is 11.4. The van der Waals surface area contributed by atoms with E-state index >= 15 is 0 Å². The van der Waals surface area contributed by atoms with Crippen molar-refractivity contribution in [1.82, 2.24) is 20.8 Å². The van der Waals surface area contributed by atoms with Crippen LogP contribution in [0.25, 0.3) is 11.3 Å². The number of hydrogen-bond acceptors (Lipinski definition) is 3. The summed E-state index contributed by atoms with van der Waals surface area (Å²) in [5.41, 5.74) is 2.07. The Morgan fingerprint density at radius 2 is 2.10 bits per heavy atom. The van der Waals surface area contributed by atoms with Crippen LogP contribution >= 0.6 is 11.6 Å². The summed E-state index contributed by atoms with van der Waals surface area (Å²) >= 11 is 5.84. The fraction of sp³-hybridized carbons (Fsp3) is 0.286. The van der Waals surface area contributed by atoms with Gasteiger partial charge in [-0.05, 0) is 32.2 Å². The maximum atomic E-state index is 11.9. The first kappa shape index (κ1) is 14.6. The highest BCUT2D eigenvalue weighted by atomic mass is 35.5. The van der Waals surface area contributed by atoms with Crippen LogP contribution in [0.3, 0.4) is 0 Å². The van der Waals surface area contributed by atoms with Crippen molar-refractivity contribution < 1.29 is 4.79 Å². The van der Waals surface area contributed by atoms with E-state index < -0.39 is 0 Å². The molecule has 0 aliphatic rings. The smallest absolute Gasteiger partial charge is 0.269 e. The second-order valence-corrected chi connectivity index (χ2v) is 5.01. The molecule has 2 rings (SSSR count). The third kappa shape index (κ3) is 3.59. The van der Waals surface area contributed by atoms with Gasteiger partial charge in [-0.1, -0.05) is 23.7 Å². The van der Waals surface area contributed by atoms with Crippen molar-refractivity contribution in [2.45, 2.75) is 13.0 Å². The lowest BCUT2D eigenvalue weighted by Gasteiger charge is -2.10. The second kappa shape index (κ2) is 6.54. The average Bonchev–Trinajstić information content (AvgIpc) is 2.95.